The van der Waals surface area contributed by atoms with Gasteiger partial charge in [-0.25, -0.2) is 0 Å². The van der Waals surface area contributed by atoms with Gasteiger partial charge in [-0.2, -0.15) is 0 Å². The molecule has 0 unspecified atom stereocenters. The zero-order valence-electron chi connectivity index (χ0n) is 6.66. The van der Waals surface area contributed by atoms with Gasteiger partial charge in [-0.15, -0.1) is 0 Å². The van der Waals surface area contributed by atoms with Crippen LogP contribution in [0.2, 0.25) is 0 Å². The molecule has 0 radical (unpaired) electrons. The van der Waals surface area contributed by atoms with Gasteiger partial charge in [0.2, 0.25) is 0 Å². The first-order valence-corrected chi connectivity index (χ1v) is 3.96. The Kier molecular flexibility index (Phi) is 1.66. The van der Waals surface area contributed by atoms with Crippen molar-refractivity contribution >= 4 is 0 Å². The maximum Gasteiger partial charge on any atom is 0.122 e. The molecule has 0 fully saturated rings. The summed E-state index contributed by atoms with van der Waals surface area (Å²) in [6.07, 6.45) is 0.781. The molecule has 0 bridgehead atoms. The van der Waals surface area contributed by atoms with Crippen molar-refractivity contribution in [2.45, 2.75) is 12.5 Å². The van der Waals surface area contributed by atoms with Crippen LogP contribution < -0.4 is 10.5 Å². The summed E-state index contributed by atoms with van der Waals surface area (Å²) >= 11 is 0. The molecule has 1 atom stereocenters. The lowest BCUT2D eigenvalue weighted by Crippen LogP contribution is -2.33. The van der Waals surface area contributed by atoms with Gasteiger partial charge >= 0.3 is 0 Å². The number of hydrogen-bond acceptors (Lipinski definition) is 3. The van der Waals surface area contributed by atoms with Crippen molar-refractivity contribution in [3.8, 4) is 11.5 Å². The van der Waals surface area contributed by atoms with Crippen molar-refractivity contribution in [2.75, 3.05) is 6.61 Å². The average Bonchev–Trinajstić information content (AvgIpc) is 2.03. The third-order valence-electron chi connectivity index (χ3n) is 1.98. The normalized spacial score (nSPS) is 21.2. The Hall–Kier alpha value is -1.22. The molecule has 0 aromatic heterocycles. The number of aromatic hydroxyl groups is 1. The summed E-state index contributed by atoms with van der Waals surface area (Å²) < 4.78 is 5.35. The molecule has 1 aromatic rings. The molecule has 0 saturated carbocycles. The standard InChI is InChI=1S/C9H11NO2/c10-7-3-6-4-8(11)1-2-9(6)12-5-7/h1-2,4,7,11H,3,5,10H2/t7-/m0/s1. The molecule has 64 valence electrons. The highest BCUT2D eigenvalue weighted by Gasteiger charge is 2.16. The first-order valence-electron chi connectivity index (χ1n) is 3.96. The lowest BCUT2D eigenvalue weighted by Gasteiger charge is -2.22. The van der Waals surface area contributed by atoms with E-state index in [9.17, 15) is 5.11 Å². The van der Waals surface area contributed by atoms with Crippen LogP contribution in [0.3, 0.4) is 0 Å². The Morgan fingerprint density at radius 2 is 2.33 bits per heavy atom. The first kappa shape index (κ1) is 7.43. The van der Waals surface area contributed by atoms with Gasteiger partial charge in [0.05, 0.1) is 0 Å². The minimum Gasteiger partial charge on any atom is -0.508 e. The van der Waals surface area contributed by atoms with Crippen LogP contribution in [0.25, 0.3) is 0 Å². The van der Waals surface area contributed by atoms with Crippen molar-refractivity contribution in [1.82, 2.24) is 0 Å². The van der Waals surface area contributed by atoms with Crippen molar-refractivity contribution in [2.24, 2.45) is 5.73 Å². The number of benzene rings is 1. The van der Waals surface area contributed by atoms with Gasteiger partial charge in [-0.1, -0.05) is 0 Å². The molecule has 1 heterocycles. The van der Waals surface area contributed by atoms with Crippen molar-refractivity contribution in [3.05, 3.63) is 23.8 Å². The highest BCUT2D eigenvalue weighted by atomic mass is 16.5. The van der Waals surface area contributed by atoms with Gasteiger partial charge in [0.1, 0.15) is 18.1 Å². The fraction of sp³-hybridized carbons (Fsp3) is 0.333. The number of ether oxygens (including phenoxy) is 1. The molecule has 2 rings (SSSR count). The van der Waals surface area contributed by atoms with E-state index in [1.807, 2.05) is 0 Å². The van der Waals surface area contributed by atoms with E-state index >= 15 is 0 Å². The number of phenols is 1. The van der Waals surface area contributed by atoms with Crippen LogP contribution in [0.1, 0.15) is 5.56 Å². The number of hydrogen-bond donors (Lipinski definition) is 2. The maximum absolute atomic E-state index is 9.18. The average molecular weight is 165 g/mol. The van der Waals surface area contributed by atoms with E-state index in [-0.39, 0.29) is 11.8 Å². The van der Waals surface area contributed by atoms with Crippen LogP contribution in [0.4, 0.5) is 0 Å². The SMILES string of the molecule is N[C@@H]1COc2ccc(O)cc2C1. The Labute approximate surface area is 70.8 Å². The summed E-state index contributed by atoms with van der Waals surface area (Å²) in [5.41, 5.74) is 6.69. The summed E-state index contributed by atoms with van der Waals surface area (Å²) in [5, 5.41) is 9.18. The minimum atomic E-state index is 0.0549. The lowest BCUT2D eigenvalue weighted by atomic mass is 10.0. The minimum absolute atomic E-state index is 0.0549. The van der Waals surface area contributed by atoms with Crippen molar-refractivity contribution in [3.63, 3.8) is 0 Å². The molecular formula is C9H11NO2. The van der Waals surface area contributed by atoms with E-state index in [0.717, 1.165) is 17.7 Å². The van der Waals surface area contributed by atoms with Gasteiger partial charge in [-0.3, -0.25) is 0 Å². The van der Waals surface area contributed by atoms with E-state index in [4.69, 9.17) is 10.5 Å². The van der Waals surface area contributed by atoms with Crippen LogP contribution in [0.15, 0.2) is 18.2 Å². The molecule has 3 N–H and O–H groups in total. The van der Waals surface area contributed by atoms with Crippen LogP contribution >= 0.6 is 0 Å². The Morgan fingerprint density at radius 1 is 1.50 bits per heavy atom. The summed E-state index contributed by atoms with van der Waals surface area (Å²) in [5.74, 6) is 1.11. The fourth-order valence-corrected chi connectivity index (χ4v) is 1.40. The molecular weight excluding hydrogens is 154 g/mol. The number of phenolic OH excluding ortho intramolecular Hbond substituents is 1. The largest absolute Gasteiger partial charge is 0.508 e. The van der Waals surface area contributed by atoms with E-state index < -0.39 is 0 Å². The molecule has 1 aliphatic heterocycles. The summed E-state index contributed by atoms with van der Waals surface area (Å²) in [6.45, 7) is 0.567. The molecule has 3 heteroatoms. The predicted octanol–water partition coefficient (Wildman–Crippen LogP) is 0.654. The second-order valence-corrected chi connectivity index (χ2v) is 3.07. The van der Waals surface area contributed by atoms with E-state index in [0.29, 0.717) is 6.61 Å². The number of fused-ring (bicyclic) bond motifs is 1. The zero-order chi connectivity index (χ0) is 8.55. The Bertz CT molecular complexity index is 299. The Morgan fingerprint density at radius 3 is 3.17 bits per heavy atom. The van der Waals surface area contributed by atoms with Gasteiger partial charge in [-0.05, 0) is 30.2 Å². The monoisotopic (exact) mass is 165 g/mol. The summed E-state index contributed by atoms with van der Waals surface area (Å²) in [4.78, 5) is 0. The molecule has 0 amide bonds. The van der Waals surface area contributed by atoms with E-state index in [2.05, 4.69) is 0 Å². The smallest absolute Gasteiger partial charge is 0.122 e. The second kappa shape index (κ2) is 2.68. The van der Waals surface area contributed by atoms with E-state index in [1.54, 1.807) is 18.2 Å². The van der Waals surface area contributed by atoms with E-state index in [1.165, 1.54) is 0 Å². The first-order chi connectivity index (χ1) is 5.75. The summed E-state index contributed by atoms with van der Waals surface area (Å²) in [6, 6.07) is 5.15. The predicted molar refractivity (Wildman–Crippen MR) is 45.3 cm³/mol. The fourth-order valence-electron chi connectivity index (χ4n) is 1.40. The second-order valence-electron chi connectivity index (χ2n) is 3.07. The third kappa shape index (κ3) is 1.23. The van der Waals surface area contributed by atoms with Gasteiger partial charge in [0.15, 0.2) is 0 Å². The van der Waals surface area contributed by atoms with Gasteiger partial charge in [0, 0.05) is 6.04 Å². The molecule has 1 aliphatic rings. The molecule has 0 aliphatic carbocycles. The number of rotatable bonds is 0. The van der Waals surface area contributed by atoms with Crippen LogP contribution in [0, 0.1) is 0 Å². The van der Waals surface area contributed by atoms with Crippen molar-refractivity contribution in [1.29, 1.82) is 0 Å². The highest BCUT2D eigenvalue weighted by Crippen LogP contribution is 2.27. The molecule has 1 aromatic carbocycles. The molecule has 12 heavy (non-hydrogen) atoms. The van der Waals surface area contributed by atoms with Crippen LogP contribution in [-0.4, -0.2) is 17.8 Å². The highest BCUT2D eigenvalue weighted by molar-refractivity contribution is 5.41. The quantitative estimate of drug-likeness (QED) is 0.593. The molecule has 0 spiro atoms. The molecule has 0 saturated heterocycles. The Balaban J connectivity index is 2.37. The molecule has 3 nitrogen and oxygen atoms in total. The van der Waals surface area contributed by atoms with Gasteiger partial charge in [0.25, 0.3) is 0 Å². The maximum atomic E-state index is 9.18. The lowest BCUT2D eigenvalue weighted by molar-refractivity contribution is 0.263. The van der Waals surface area contributed by atoms with Crippen LogP contribution in [-0.2, 0) is 6.42 Å². The van der Waals surface area contributed by atoms with Crippen LogP contribution in [0.5, 0.6) is 11.5 Å². The van der Waals surface area contributed by atoms with Crippen molar-refractivity contribution < 1.29 is 9.84 Å². The van der Waals surface area contributed by atoms with Gasteiger partial charge < -0.3 is 15.6 Å². The number of nitrogens with two attached hydrogens (primary N) is 1. The summed E-state index contributed by atoms with van der Waals surface area (Å²) in [7, 11) is 0. The zero-order valence-corrected chi connectivity index (χ0v) is 6.66. The topological polar surface area (TPSA) is 55.5 Å². The third-order valence-corrected chi connectivity index (χ3v) is 1.98.